The molecule has 0 aliphatic carbocycles. The van der Waals surface area contributed by atoms with E-state index in [9.17, 15) is 26.4 Å². The van der Waals surface area contributed by atoms with Crippen LogP contribution in [0.15, 0.2) is 77.8 Å². The fourth-order valence-corrected chi connectivity index (χ4v) is 4.51. The number of pyridine rings is 1. The van der Waals surface area contributed by atoms with Gasteiger partial charge in [0.05, 0.1) is 10.6 Å². The van der Waals surface area contributed by atoms with Gasteiger partial charge in [0.1, 0.15) is 17.3 Å². The molecule has 4 rings (SSSR count). The minimum absolute atomic E-state index is 0.0383. The van der Waals surface area contributed by atoms with Crippen molar-refractivity contribution >= 4 is 21.4 Å². The Morgan fingerprint density at radius 1 is 0.946 bits per heavy atom. The number of amides is 1. The number of hydrogen-bond donors (Lipinski definition) is 1. The molecule has 0 fully saturated rings. The van der Waals surface area contributed by atoms with Gasteiger partial charge in [0, 0.05) is 41.6 Å². The third-order valence-electron chi connectivity index (χ3n) is 5.42. The zero-order valence-corrected chi connectivity index (χ0v) is 20.6. The number of ether oxygens (including phenoxy) is 1. The zero-order valence-electron chi connectivity index (χ0n) is 19.8. The normalized spacial score (nSPS) is 11.3. The van der Waals surface area contributed by atoms with Crippen molar-refractivity contribution in [2.24, 2.45) is 0 Å². The first-order valence-electron chi connectivity index (χ1n) is 11.1. The molecule has 1 N–H and O–H groups in total. The predicted octanol–water partition coefficient (Wildman–Crippen LogP) is 6.38. The summed E-state index contributed by atoms with van der Waals surface area (Å²) in [6.07, 6.45) is 1.39. The second kappa shape index (κ2) is 10.4. The van der Waals surface area contributed by atoms with Gasteiger partial charge >= 0.3 is 0 Å². The monoisotopic (exact) mass is 526 g/mol. The molecule has 4 aromatic rings. The van der Waals surface area contributed by atoms with E-state index in [1.54, 1.807) is 0 Å². The van der Waals surface area contributed by atoms with Crippen molar-refractivity contribution in [2.45, 2.75) is 18.7 Å². The van der Waals surface area contributed by atoms with Crippen LogP contribution in [0.3, 0.4) is 0 Å². The number of halogens is 3. The number of rotatable bonds is 7. The SMILES string of the molecule is CCS(=O)(=O)c1ccc(NC(C)=O)c(-c2cnc(-c3ccc(F)c(F)c3)c(Oc3cccc(F)c3)c2)c1. The molecule has 0 aliphatic rings. The highest BCUT2D eigenvalue weighted by Crippen LogP contribution is 2.38. The molecule has 1 heterocycles. The largest absolute Gasteiger partial charge is 0.455 e. The summed E-state index contributed by atoms with van der Waals surface area (Å²) in [4.78, 5) is 16.2. The van der Waals surface area contributed by atoms with E-state index in [-0.39, 0.29) is 39.3 Å². The summed E-state index contributed by atoms with van der Waals surface area (Å²) in [6, 6.07) is 14.3. The first-order valence-corrected chi connectivity index (χ1v) is 12.8. The third-order valence-corrected chi connectivity index (χ3v) is 7.15. The lowest BCUT2D eigenvalue weighted by Gasteiger charge is -2.16. The average Bonchev–Trinajstić information content (AvgIpc) is 2.85. The van der Waals surface area contributed by atoms with E-state index in [0.717, 1.165) is 18.2 Å². The lowest BCUT2D eigenvalue weighted by molar-refractivity contribution is -0.114. The molecule has 0 saturated carbocycles. The highest BCUT2D eigenvalue weighted by atomic mass is 32.2. The Morgan fingerprint density at radius 2 is 1.73 bits per heavy atom. The molecule has 0 atom stereocenters. The summed E-state index contributed by atoms with van der Waals surface area (Å²) in [5.41, 5.74) is 1.33. The van der Waals surface area contributed by atoms with Gasteiger partial charge in [0.15, 0.2) is 27.2 Å². The lowest BCUT2D eigenvalue weighted by Crippen LogP contribution is -2.09. The van der Waals surface area contributed by atoms with E-state index in [4.69, 9.17) is 4.74 Å². The second-order valence-corrected chi connectivity index (χ2v) is 10.3. The number of hydrogen-bond acceptors (Lipinski definition) is 5. The van der Waals surface area contributed by atoms with E-state index in [1.165, 1.54) is 68.6 Å². The molecule has 37 heavy (non-hydrogen) atoms. The Bertz CT molecular complexity index is 1610. The average molecular weight is 527 g/mol. The van der Waals surface area contributed by atoms with Crippen molar-refractivity contribution < 1.29 is 31.1 Å². The van der Waals surface area contributed by atoms with Crippen LogP contribution in [0.4, 0.5) is 18.9 Å². The summed E-state index contributed by atoms with van der Waals surface area (Å²) in [5.74, 6) is -3.02. The number of sulfone groups is 1. The standard InChI is InChI=1S/C27H21F3N2O4S/c1-3-37(34,35)21-8-10-25(32-16(2)33)22(14-21)18-12-26(36-20-6-4-5-19(28)13-20)27(31-15-18)17-7-9-23(29)24(30)11-17/h4-15H,3H2,1-2H3,(H,32,33). The van der Waals surface area contributed by atoms with E-state index >= 15 is 0 Å². The van der Waals surface area contributed by atoms with E-state index in [1.807, 2.05) is 0 Å². The molecule has 1 amide bonds. The molecular weight excluding hydrogens is 505 g/mol. The predicted molar refractivity (Wildman–Crippen MR) is 134 cm³/mol. The number of aromatic nitrogens is 1. The summed E-state index contributed by atoms with van der Waals surface area (Å²) in [5, 5.41) is 2.66. The van der Waals surface area contributed by atoms with Crippen LogP contribution in [0.25, 0.3) is 22.4 Å². The lowest BCUT2D eigenvalue weighted by atomic mass is 10.0. The van der Waals surface area contributed by atoms with E-state index in [0.29, 0.717) is 16.8 Å². The van der Waals surface area contributed by atoms with Gasteiger partial charge in [0.2, 0.25) is 5.91 Å². The van der Waals surface area contributed by atoms with Crippen LogP contribution < -0.4 is 10.1 Å². The fraction of sp³-hybridized carbons (Fsp3) is 0.111. The summed E-state index contributed by atoms with van der Waals surface area (Å²) in [6.45, 7) is 2.82. The fourth-order valence-electron chi connectivity index (χ4n) is 3.61. The topological polar surface area (TPSA) is 85.4 Å². The molecule has 3 aromatic carbocycles. The highest BCUT2D eigenvalue weighted by molar-refractivity contribution is 7.91. The van der Waals surface area contributed by atoms with Crippen LogP contribution in [-0.2, 0) is 14.6 Å². The number of carbonyl (C=O) groups is 1. The molecule has 0 radical (unpaired) electrons. The smallest absolute Gasteiger partial charge is 0.221 e. The molecule has 0 spiro atoms. The Balaban J connectivity index is 1.92. The summed E-state index contributed by atoms with van der Waals surface area (Å²) < 4.78 is 72.3. The van der Waals surface area contributed by atoms with Crippen LogP contribution in [0, 0.1) is 17.5 Å². The molecule has 1 aromatic heterocycles. The number of carbonyl (C=O) groups excluding carboxylic acids is 1. The quantitative estimate of drug-likeness (QED) is 0.302. The number of anilines is 1. The van der Waals surface area contributed by atoms with Crippen LogP contribution in [0.5, 0.6) is 11.5 Å². The highest BCUT2D eigenvalue weighted by Gasteiger charge is 2.19. The Morgan fingerprint density at radius 3 is 2.41 bits per heavy atom. The Labute approximate surface area is 211 Å². The molecule has 10 heteroatoms. The van der Waals surface area contributed by atoms with Gasteiger partial charge in [-0.05, 0) is 54.6 Å². The maximum atomic E-state index is 14.0. The van der Waals surface area contributed by atoms with Crippen LogP contribution in [0.1, 0.15) is 13.8 Å². The first kappa shape index (κ1) is 25.9. The zero-order chi connectivity index (χ0) is 26.7. The van der Waals surface area contributed by atoms with E-state index in [2.05, 4.69) is 10.3 Å². The van der Waals surface area contributed by atoms with Crippen molar-refractivity contribution in [1.29, 1.82) is 0 Å². The minimum atomic E-state index is -3.58. The van der Waals surface area contributed by atoms with Crippen molar-refractivity contribution in [1.82, 2.24) is 4.98 Å². The number of nitrogens with zero attached hydrogens (tertiary/aromatic N) is 1. The van der Waals surface area contributed by atoms with Crippen LogP contribution in [0.2, 0.25) is 0 Å². The second-order valence-electron chi connectivity index (χ2n) is 8.05. The van der Waals surface area contributed by atoms with Gasteiger partial charge in [-0.3, -0.25) is 9.78 Å². The van der Waals surface area contributed by atoms with Gasteiger partial charge in [0.25, 0.3) is 0 Å². The van der Waals surface area contributed by atoms with Crippen LogP contribution in [-0.4, -0.2) is 25.1 Å². The Kier molecular flexibility index (Phi) is 7.30. The van der Waals surface area contributed by atoms with Crippen LogP contribution >= 0.6 is 0 Å². The van der Waals surface area contributed by atoms with Crippen molar-refractivity contribution in [3.05, 3.63) is 90.4 Å². The van der Waals surface area contributed by atoms with Crippen molar-refractivity contribution in [3.8, 4) is 33.9 Å². The molecule has 6 nitrogen and oxygen atoms in total. The molecule has 0 unspecified atom stereocenters. The molecular formula is C27H21F3N2O4S. The van der Waals surface area contributed by atoms with Gasteiger partial charge < -0.3 is 10.1 Å². The molecule has 190 valence electrons. The van der Waals surface area contributed by atoms with E-state index < -0.39 is 27.3 Å². The van der Waals surface area contributed by atoms with Gasteiger partial charge in [-0.15, -0.1) is 0 Å². The van der Waals surface area contributed by atoms with Gasteiger partial charge in [-0.25, -0.2) is 21.6 Å². The van der Waals surface area contributed by atoms with Crippen molar-refractivity contribution in [3.63, 3.8) is 0 Å². The summed E-state index contributed by atoms with van der Waals surface area (Å²) in [7, 11) is -3.58. The number of nitrogens with one attached hydrogen (secondary N) is 1. The molecule has 0 aliphatic heterocycles. The maximum Gasteiger partial charge on any atom is 0.221 e. The Hall–Kier alpha value is -4.18. The number of benzene rings is 3. The van der Waals surface area contributed by atoms with Gasteiger partial charge in [-0.2, -0.15) is 0 Å². The third kappa shape index (κ3) is 5.80. The molecule has 0 bridgehead atoms. The maximum absolute atomic E-state index is 14.0. The molecule has 0 saturated heterocycles. The minimum Gasteiger partial charge on any atom is -0.455 e. The van der Waals surface area contributed by atoms with Crippen molar-refractivity contribution in [2.75, 3.05) is 11.1 Å². The van der Waals surface area contributed by atoms with Gasteiger partial charge in [-0.1, -0.05) is 13.0 Å². The summed E-state index contributed by atoms with van der Waals surface area (Å²) >= 11 is 0. The first-order chi connectivity index (χ1) is 17.6.